The fourth-order valence-corrected chi connectivity index (χ4v) is 11.5. The van der Waals surface area contributed by atoms with Crippen molar-refractivity contribution in [2.45, 2.75) is 125 Å². The van der Waals surface area contributed by atoms with E-state index in [9.17, 15) is 0 Å². The van der Waals surface area contributed by atoms with Crippen LogP contribution < -0.4 is 22.8 Å². The first kappa shape index (κ1) is 64.0. The molecule has 0 bridgehead atoms. The smallest absolute Gasteiger partial charge is 0.201 e. The van der Waals surface area contributed by atoms with Gasteiger partial charge in [0, 0.05) is 80.9 Å². The highest BCUT2D eigenvalue weighted by molar-refractivity contribution is 5.68. The highest BCUT2D eigenvalue weighted by atomic mass is 14.9. The van der Waals surface area contributed by atoms with E-state index in [0.717, 1.165) is 0 Å². The largest absolute Gasteiger partial charge is 0.215 e. The molecular formula is C78H96N5+5. The molecule has 5 aromatic carbocycles. The standard InChI is InChI=1S/C17H22N.C16H20N.3C15H18N/c1-11-7-13(3)15(5)16(9-11)17-14(4)8-12(2)10-18(17)6;1-11-6-7-15(13(3)8-11)16-14(4)9-12(2)10-17(16)5;1-11-5-6-14(13(3)9-11)15-10-12(2)7-8-16(15)4;1-11-5-6-13(3)14(9-11)15-10-12(2)7-8-16(15)4;1-11-8-9-16(4)14(10-11)15-12(2)6-5-7-13(15)3/h7-10H,1-6H3;6-10H,1-5H3;3*5-10H,1-4H3/q5*+1. The minimum atomic E-state index is 1.28. The molecule has 5 nitrogen and oxygen atoms in total. The Bertz CT molecular complexity index is 3830. The van der Waals surface area contributed by atoms with Crippen LogP contribution in [-0.4, -0.2) is 0 Å². The molecule has 0 aliphatic carbocycles. The lowest BCUT2D eigenvalue weighted by Gasteiger charge is -2.11. The van der Waals surface area contributed by atoms with Crippen molar-refractivity contribution in [2.24, 2.45) is 35.2 Å². The van der Waals surface area contributed by atoms with Crippen LogP contribution in [0.2, 0.25) is 0 Å². The Morgan fingerprint density at radius 3 is 1.06 bits per heavy atom. The zero-order chi connectivity index (χ0) is 61.1. The Morgan fingerprint density at radius 1 is 0.229 bits per heavy atom. The van der Waals surface area contributed by atoms with E-state index in [1.165, 1.54) is 156 Å². The average molecular weight is 1100 g/mol. The predicted molar refractivity (Wildman–Crippen MR) is 351 cm³/mol. The number of hydrogen-bond acceptors (Lipinski definition) is 0. The molecule has 0 aliphatic heterocycles. The van der Waals surface area contributed by atoms with Gasteiger partial charge in [-0.25, -0.2) is 22.8 Å². The summed E-state index contributed by atoms with van der Waals surface area (Å²) >= 11 is 0. The van der Waals surface area contributed by atoms with Gasteiger partial charge in [0.25, 0.3) is 0 Å². The number of aromatic nitrogens is 5. The topological polar surface area (TPSA) is 19.4 Å². The zero-order valence-corrected chi connectivity index (χ0v) is 54.8. The minimum absolute atomic E-state index is 1.28. The predicted octanol–water partition coefficient (Wildman–Crippen LogP) is 16.4. The Hall–Kier alpha value is -8.15. The van der Waals surface area contributed by atoms with Gasteiger partial charge in [-0.05, 0) is 217 Å². The van der Waals surface area contributed by atoms with Crippen molar-refractivity contribution in [3.05, 3.63) is 265 Å². The van der Waals surface area contributed by atoms with Gasteiger partial charge in [-0.15, -0.1) is 0 Å². The normalized spacial score (nSPS) is 10.6. The quantitative estimate of drug-likeness (QED) is 0.153. The van der Waals surface area contributed by atoms with Crippen LogP contribution in [0.5, 0.6) is 0 Å². The van der Waals surface area contributed by atoms with Crippen molar-refractivity contribution in [3.63, 3.8) is 0 Å². The summed E-state index contributed by atoms with van der Waals surface area (Å²) in [5, 5.41) is 0. The van der Waals surface area contributed by atoms with Crippen LogP contribution in [0.4, 0.5) is 0 Å². The summed E-state index contributed by atoms with van der Waals surface area (Å²) in [5.41, 5.74) is 37.0. The van der Waals surface area contributed by atoms with Gasteiger partial charge < -0.3 is 0 Å². The Morgan fingerprint density at radius 2 is 0.590 bits per heavy atom. The maximum absolute atomic E-state index is 2.29. The molecule has 10 rings (SSSR count). The number of pyridine rings is 5. The summed E-state index contributed by atoms with van der Waals surface area (Å²) < 4.78 is 11.0. The molecule has 0 saturated carbocycles. The number of rotatable bonds is 5. The van der Waals surface area contributed by atoms with Gasteiger partial charge in [-0.3, -0.25) is 0 Å². The van der Waals surface area contributed by atoms with Crippen molar-refractivity contribution in [1.29, 1.82) is 0 Å². The van der Waals surface area contributed by atoms with Crippen LogP contribution in [0.3, 0.4) is 0 Å². The highest BCUT2D eigenvalue weighted by Crippen LogP contribution is 2.29. The van der Waals surface area contributed by atoms with Crippen LogP contribution >= 0.6 is 0 Å². The third-order valence-electron chi connectivity index (χ3n) is 15.8. The Labute approximate surface area is 501 Å². The molecule has 5 heterocycles. The van der Waals surface area contributed by atoms with Gasteiger partial charge in [-0.2, -0.15) is 0 Å². The SMILES string of the molecule is Cc1cc(C)c(C)c(-c2c(C)cc(C)c[n+]2C)c1.Cc1cc[n+](C)c(-c2c(C)cccc2C)c1.Cc1ccc(-c2c(C)cc(C)c[n+]2C)c(C)c1.Cc1ccc(-c2cc(C)cc[n+]2C)c(C)c1.Cc1ccc(C)c(-c2cc(C)cc[n+]2C)c1. The van der Waals surface area contributed by atoms with E-state index in [0.29, 0.717) is 0 Å². The van der Waals surface area contributed by atoms with Gasteiger partial charge in [0.05, 0.1) is 5.56 Å². The molecule has 5 aromatic heterocycles. The van der Waals surface area contributed by atoms with Crippen molar-refractivity contribution in [3.8, 4) is 56.3 Å². The molecular weight excluding hydrogens is 1010 g/mol. The zero-order valence-electron chi connectivity index (χ0n) is 54.8. The van der Waals surface area contributed by atoms with E-state index in [-0.39, 0.29) is 0 Å². The fourth-order valence-electron chi connectivity index (χ4n) is 11.5. The van der Waals surface area contributed by atoms with E-state index in [1.54, 1.807) is 0 Å². The van der Waals surface area contributed by atoms with Crippen LogP contribution in [0.1, 0.15) is 100 Å². The molecule has 0 spiro atoms. The summed E-state index contributed by atoms with van der Waals surface area (Å²) in [6, 6.07) is 48.5. The van der Waals surface area contributed by atoms with E-state index in [1.807, 2.05) is 0 Å². The maximum Gasteiger partial charge on any atom is 0.215 e. The Balaban J connectivity index is 0.000000167. The summed E-state index contributed by atoms with van der Waals surface area (Å²) in [7, 11) is 10.5. The first-order valence-electron chi connectivity index (χ1n) is 29.3. The second kappa shape index (κ2) is 28.2. The molecule has 5 heteroatoms. The van der Waals surface area contributed by atoms with E-state index < -0.39 is 0 Å². The summed E-state index contributed by atoms with van der Waals surface area (Å²) in [6.45, 7) is 38.9. The highest BCUT2D eigenvalue weighted by Gasteiger charge is 2.20. The molecule has 0 N–H and O–H groups in total. The van der Waals surface area contributed by atoms with Gasteiger partial charge in [0.2, 0.25) is 28.5 Å². The van der Waals surface area contributed by atoms with Gasteiger partial charge >= 0.3 is 0 Å². The first-order valence-corrected chi connectivity index (χ1v) is 29.3. The van der Waals surface area contributed by atoms with E-state index >= 15 is 0 Å². The molecule has 0 radical (unpaired) electrons. The fraction of sp³-hybridized carbons (Fsp3) is 0.295. The molecule has 0 fully saturated rings. The molecule has 0 saturated heterocycles. The van der Waals surface area contributed by atoms with E-state index in [4.69, 9.17) is 0 Å². The second-order valence-corrected chi connectivity index (χ2v) is 23.9. The molecule has 0 aliphatic rings. The maximum atomic E-state index is 2.29. The van der Waals surface area contributed by atoms with Crippen LogP contribution in [0, 0.1) is 125 Å². The van der Waals surface area contributed by atoms with Crippen LogP contribution in [0.25, 0.3) is 56.3 Å². The minimum Gasteiger partial charge on any atom is -0.201 e. The lowest BCUT2D eigenvalue weighted by molar-refractivity contribution is -0.661. The van der Waals surface area contributed by atoms with Crippen molar-refractivity contribution < 1.29 is 22.8 Å². The van der Waals surface area contributed by atoms with Crippen LogP contribution in [0.15, 0.2) is 164 Å². The van der Waals surface area contributed by atoms with Crippen molar-refractivity contribution in [2.75, 3.05) is 0 Å². The number of benzene rings is 5. The Kier molecular flexibility index (Phi) is 21.8. The first-order chi connectivity index (χ1) is 39.1. The molecule has 428 valence electrons. The third-order valence-corrected chi connectivity index (χ3v) is 15.8. The van der Waals surface area contributed by atoms with Crippen LogP contribution in [-0.2, 0) is 35.2 Å². The number of nitrogens with zero attached hydrogens (tertiary/aromatic N) is 5. The van der Waals surface area contributed by atoms with Gasteiger partial charge in [-0.1, -0.05) is 82.9 Å². The summed E-state index contributed by atoms with van der Waals surface area (Å²) in [4.78, 5) is 0. The second-order valence-electron chi connectivity index (χ2n) is 23.9. The van der Waals surface area contributed by atoms with Gasteiger partial charge in [0.15, 0.2) is 31.0 Å². The molecule has 10 aromatic rings. The summed E-state index contributed by atoms with van der Waals surface area (Å²) in [6.07, 6.45) is 10.7. The molecule has 0 unspecified atom stereocenters. The number of hydrogen-bond donors (Lipinski definition) is 0. The third kappa shape index (κ3) is 16.5. The average Bonchev–Trinajstić information content (AvgIpc) is 3.62. The lowest BCUT2D eigenvalue weighted by Crippen LogP contribution is -2.32. The van der Waals surface area contributed by atoms with Crippen molar-refractivity contribution in [1.82, 2.24) is 0 Å². The molecule has 0 amide bonds. The lowest BCUT2D eigenvalue weighted by atomic mass is 9.95. The monoisotopic (exact) mass is 1100 g/mol. The van der Waals surface area contributed by atoms with E-state index in [2.05, 4.69) is 347 Å². The molecule has 83 heavy (non-hydrogen) atoms. The van der Waals surface area contributed by atoms with Crippen molar-refractivity contribution >= 4 is 0 Å². The summed E-state index contributed by atoms with van der Waals surface area (Å²) in [5.74, 6) is 0. The number of aryl methyl sites for hydroxylation is 22. The van der Waals surface area contributed by atoms with Gasteiger partial charge in [0.1, 0.15) is 35.2 Å². The molecule has 0 atom stereocenters.